The average molecular weight is 558 g/mol. The molecule has 0 aliphatic heterocycles. The molecular weight excluding hydrogens is 519 g/mol. The number of esters is 1. The molecule has 1 atom stereocenters. The minimum Gasteiger partial charge on any atom is -0.492 e. The van der Waals surface area contributed by atoms with Crippen molar-refractivity contribution < 1.29 is 32.2 Å². The molecule has 0 amide bonds. The summed E-state index contributed by atoms with van der Waals surface area (Å²) in [5.41, 5.74) is -1.23. The van der Waals surface area contributed by atoms with Crippen LogP contribution >= 0.6 is 0 Å². The Kier molecular flexibility index (Phi) is 13.0. The van der Waals surface area contributed by atoms with Crippen LogP contribution in [0.2, 0.25) is 0 Å². The van der Waals surface area contributed by atoms with Crippen LogP contribution in [0.15, 0.2) is 33.9 Å². The number of aromatic nitrogens is 3. The lowest BCUT2D eigenvalue weighted by molar-refractivity contribution is -0.145. The van der Waals surface area contributed by atoms with Gasteiger partial charge in [0, 0.05) is 19.4 Å². The van der Waals surface area contributed by atoms with Gasteiger partial charge in [0.1, 0.15) is 36.5 Å². The molecule has 218 valence electrons. The van der Waals surface area contributed by atoms with Gasteiger partial charge in [-0.15, -0.1) is 0 Å². The molecule has 1 heterocycles. The zero-order valence-corrected chi connectivity index (χ0v) is 22.8. The molecule has 1 unspecified atom stereocenters. The number of rotatable bonds is 17. The highest BCUT2D eigenvalue weighted by Gasteiger charge is 2.26. The third-order valence-electron chi connectivity index (χ3n) is 5.79. The van der Waals surface area contributed by atoms with Crippen LogP contribution < -0.4 is 20.7 Å². The Balaban J connectivity index is 2.03. The third-order valence-corrected chi connectivity index (χ3v) is 5.79. The van der Waals surface area contributed by atoms with Gasteiger partial charge >= 0.3 is 17.8 Å². The molecule has 1 aromatic carbocycles. The molecule has 0 aliphatic carbocycles. The molecule has 9 nitrogen and oxygen atoms in total. The number of benzene rings is 1. The first-order valence-electron chi connectivity index (χ1n) is 13.4. The quantitative estimate of drug-likeness (QED) is 0.206. The highest BCUT2D eigenvalue weighted by atomic mass is 19.4. The molecule has 0 N–H and O–H groups in total. The van der Waals surface area contributed by atoms with Gasteiger partial charge in [-0.1, -0.05) is 33.1 Å². The fraction of sp³-hybridized carbons (Fsp3) is 0.630. The molecular formula is C27H38F3N3O6. The van der Waals surface area contributed by atoms with E-state index in [0.29, 0.717) is 30.8 Å². The summed E-state index contributed by atoms with van der Waals surface area (Å²) in [4.78, 5) is 36.9. The first kappa shape index (κ1) is 31.9. The summed E-state index contributed by atoms with van der Waals surface area (Å²) < 4.78 is 56.3. The van der Waals surface area contributed by atoms with E-state index in [9.17, 15) is 27.6 Å². The summed E-state index contributed by atoms with van der Waals surface area (Å²) in [6.07, 6.45) is -1.95. The number of carbonyl (C=O) groups is 1. The standard InChI is InChI=1S/C27H38F3N3O6/c1-4-6-7-8-10-23-25(35)32(16-9-15-27(28,29)30)26(36)33(31-23)17-18-37-21-11-13-22(14-12-21)39-20(3)19-38-24(34)5-2/h11-14,20H,4-10,15-19H2,1-3H3. The number of carbonyl (C=O) groups excluding carboxylic acids is 1. The van der Waals surface area contributed by atoms with Crippen LogP contribution in [0, 0.1) is 0 Å². The van der Waals surface area contributed by atoms with Crippen molar-refractivity contribution in [2.75, 3.05) is 13.2 Å². The van der Waals surface area contributed by atoms with E-state index in [1.54, 1.807) is 38.1 Å². The lowest BCUT2D eigenvalue weighted by atomic mass is 10.1. The Labute approximate surface area is 225 Å². The zero-order chi connectivity index (χ0) is 28.8. The van der Waals surface area contributed by atoms with Gasteiger partial charge in [-0.05, 0) is 50.5 Å². The smallest absolute Gasteiger partial charge is 0.389 e. The van der Waals surface area contributed by atoms with Gasteiger partial charge in [-0.3, -0.25) is 14.2 Å². The first-order chi connectivity index (χ1) is 18.5. The molecule has 0 saturated heterocycles. The number of aryl methyl sites for hydroxylation is 1. The number of hydrogen-bond acceptors (Lipinski definition) is 7. The molecule has 2 aromatic rings. The molecule has 1 aromatic heterocycles. The molecule has 0 saturated carbocycles. The van der Waals surface area contributed by atoms with Crippen LogP contribution in [0.5, 0.6) is 11.5 Å². The second kappa shape index (κ2) is 15.9. The van der Waals surface area contributed by atoms with E-state index in [0.717, 1.165) is 28.5 Å². The lowest BCUT2D eigenvalue weighted by Gasteiger charge is -2.15. The van der Waals surface area contributed by atoms with Crippen LogP contribution in [0.25, 0.3) is 0 Å². The summed E-state index contributed by atoms with van der Waals surface area (Å²) in [5, 5.41) is 4.21. The number of nitrogens with zero attached hydrogens (tertiary/aromatic N) is 3. The predicted octanol–water partition coefficient (Wildman–Crippen LogP) is 4.67. The average Bonchev–Trinajstić information content (AvgIpc) is 2.89. The van der Waals surface area contributed by atoms with Crippen molar-refractivity contribution in [2.45, 2.75) is 97.5 Å². The molecule has 0 fully saturated rings. The maximum absolute atomic E-state index is 12.9. The van der Waals surface area contributed by atoms with E-state index in [2.05, 4.69) is 12.0 Å². The van der Waals surface area contributed by atoms with Crippen molar-refractivity contribution in [3.05, 3.63) is 50.8 Å². The van der Waals surface area contributed by atoms with Crippen LogP contribution in [-0.4, -0.2) is 45.8 Å². The fourth-order valence-corrected chi connectivity index (χ4v) is 3.71. The van der Waals surface area contributed by atoms with E-state index in [4.69, 9.17) is 14.2 Å². The van der Waals surface area contributed by atoms with Crippen LogP contribution in [-0.2, 0) is 29.0 Å². The summed E-state index contributed by atoms with van der Waals surface area (Å²) in [5.74, 6) is 0.751. The number of ether oxygens (including phenoxy) is 3. The molecule has 0 bridgehead atoms. The summed E-state index contributed by atoms with van der Waals surface area (Å²) in [7, 11) is 0. The Bertz CT molecular complexity index is 1150. The van der Waals surface area contributed by atoms with Crippen LogP contribution in [0.3, 0.4) is 0 Å². The Hall–Kier alpha value is -3.31. The fourth-order valence-electron chi connectivity index (χ4n) is 3.71. The van der Waals surface area contributed by atoms with Gasteiger partial charge in [-0.25, -0.2) is 9.48 Å². The van der Waals surface area contributed by atoms with Gasteiger partial charge in [0.25, 0.3) is 5.56 Å². The minimum absolute atomic E-state index is 0.0123. The molecule has 12 heteroatoms. The van der Waals surface area contributed by atoms with E-state index in [1.807, 2.05) is 0 Å². The van der Waals surface area contributed by atoms with Gasteiger partial charge in [-0.2, -0.15) is 18.3 Å². The Morgan fingerprint density at radius 1 is 1.00 bits per heavy atom. The molecule has 2 rings (SSSR count). The second-order valence-electron chi connectivity index (χ2n) is 9.22. The van der Waals surface area contributed by atoms with Crippen molar-refractivity contribution in [1.29, 1.82) is 0 Å². The van der Waals surface area contributed by atoms with E-state index >= 15 is 0 Å². The van der Waals surface area contributed by atoms with Gasteiger partial charge < -0.3 is 14.2 Å². The van der Waals surface area contributed by atoms with Gasteiger partial charge in [0.2, 0.25) is 0 Å². The molecule has 39 heavy (non-hydrogen) atoms. The van der Waals surface area contributed by atoms with Crippen LogP contribution in [0.4, 0.5) is 13.2 Å². The Morgan fingerprint density at radius 3 is 2.33 bits per heavy atom. The SMILES string of the molecule is CCCCCCc1nn(CCOc2ccc(OC(C)COC(=O)CC)cc2)c(=O)n(CCCC(F)(F)F)c1=O. The van der Waals surface area contributed by atoms with Crippen molar-refractivity contribution in [2.24, 2.45) is 0 Å². The summed E-state index contributed by atoms with van der Waals surface area (Å²) in [6.45, 7) is 5.40. The van der Waals surface area contributed by atoms with Crippen molar-refractivity contribution in [3.63, 3.8) is 0 Å². The highest BCUT2D eigenvalue weighted by Crippen LogP contribution is 2.21. The van der Waals surface area contributed by atoms with Gasteiger partial charge in [0.15, 0.2) is 0 Å². The lowest BCUT2D eigenvalue weighted by Crippen LogP contribution is -2.44. The molecule has 0 aliphatic rings. The molecule has 0 radical (unpaired) electrons. The van der Waals surface area contributed by atoms with Crippen molar-refractivity contribution >= 4 is 5.97 Å². The number of hydrogen-bond donors (Lipinski definition) is 0. The van der Waals surface area contributed by atoms with E-state index < -0.39 is 23.8 Å². The predicted molar refractivity (Wildman–Crippen MR) is 139 cm³/mol. The van der Waals surface area contributed by atoms with E-state index in [1.165, 1.54) is 0 Å². The maximum Gasteiger partial charge on any atom is 0.389 e. The third kappa shape index (κ3) is 11.5. The number of unbranched alkanes of at least 4 members (excludes halogenated alkanes) is 3. The van der Waals surface area contributed by atoms with Crippen LogP contribution in [0.1, 0.15) is 71.4 Å². The minimum atomic E-state index is -4.37. The first-order valence-corrected chi connectivity index (χ1v) is 13.4. The number of halogens is 3. The summed E-state index contributed by atoms with van der Waals surface area (Å²) in [6, 6.07) is 6.72. The maximum atomic E-state index is 12.9. The highest BCUT2D eigenvalue weighted by molar-refractivity contribution is 5.68. The second-order valence-corrected chi connectivity index (χ2v) is 9.22. The largest absolute Gasteiger partial charge is 0.492 e. The van der Waals surface area contributed by atoms with Crippen molar-refractivity contribution in [1.82, 2.24) is 14.3 Å². The van der Waals surface area contributed by atoms with Gasteiger partial charge in [0.05, 0.1) is 6.54 Å². The summed E-state index contributed by atoms with van der Waals surface area (Å²) >= 11 is 0. The number of alkyl halides is 3. The van der Waals surface area contributed by atoms with E-state index in [-0.39, 0.29) is 50.5 Å². The normalized spacial score (nSPS) is 12.3. The monoisotopic (exact) mass is 557 g/mol. The Morgan fingerprint density at radius 2 is 1.69 bits per heavy atom. The zero-order valence-electron chi connectivity index (χ0n) is 22.8. The molecule has 0 spiro atoms. The van der Waals surface area contributed by atoms with Crippen molar-refractivity contribution in [3.8, 4) is 11.5 Å². The topological polar surface area (TPSA) is 102 Å².